The van der Waals surface area contributed by atoms with E-state index in [1.165, 1.54) is 23.8 Å². The zero-order valence-electron chi connectivity index (χ0n) is 17.2. The molecule has 4 aliphatic carbocycles. The fourth-order valence-electron chi connectivity index (χ4n) is 7.51. The molecule has 0 radical (unpaired) electrons. The highest BCUT2D eigenvalue weighted by atomic mass is 35.5. The number of carbonyl (C=O) groups excluding carboxylic acids is 1. The van der Waals surface area contributed by atoms with Crippen LogP contribution in [0.25, 0.3) is 11.0 Å². The number of halogens is 2. The van der Waals surface area contributed by atoms with E-state index in [4.69, 9.17) is 23.2 Å². The summed E-state index contributed by atoms with van der Waals surface area (Å²) in [6.45, 7) is 1.88. The van der Waals surface area contributed by atoms with Crippen molar-refractivity contribution < 1.29 is 4.79 Å². The number of hydrogen-bond acceptors (Lipinski definition) is 4. The van der Waals surface area contributed by atoms with Crippen molar-refractivity contribution in [3.8, 4) is 0 Å². The molecule has 1 unspecified atom stereocenters. The Kier molecular flexibility index (Phi) is 4.13. The number of benzene rings is 1. The zero-order chi connectivity index (χ0) is 21.7. The molecule has 1 aromatic heterocycles. The molecule has 164 valence electrons. The van der Waals surface area contributed by atoms with Gasteiger partial charge in [0.15, 0.2) is 0 Å². The lowest BCUT2D eigenvalue weighted by Crippen LogP contribution is -2.64. The average molecular weight is 463 g/mol. The first kappa shape index (κ1) is 19.7. The van der Waals surface area contributed by atoms with Gasteiger partial charge in [-0.25, -0.2) is 0 Å². The van der Waals surface area contributed by atoms with E-state index in [0.717, 1.165) is 19.3 Å². The maximum absolute atomic E-state index is 13.2. The van der Waals surface area contributed by atoms with Crippen molar-refractivity contribution in [2.45, 2.75) is 57.2 Å². The number of H-pyrrole nitrogens is 1. The van der Waals surface area contributed by atoms with E-state index < -0.39 is 17.3 Å². The van der Waals surface area contributed by atoms with Crippen molar-refractivity contribution in [2.75, 3.05) is 11.9 Å². The van der Waals surface area contributed by atoms with Crippen molar-refractivity contribution in [3.63, 3.8) is 0 Å². The van der Waals surface area contributed by atoms with Crippen molar-refractivity contribution >= 4 is 45.8 Å². The molecule has 2 heterocycles. The summed E-state index contributed by atoms with van der Waals surface area (Å²) in [4.78, 5) is 43.4. The van der Waals surface area contributed by atoms with Gasteiger partial charge < -0.3 is 15.2 Å². The van der Waals surface area contributed by atoms with Crippen LogP contribution in [0, 0.1) is 17.8 Å². The first-order chi connectivity index (χ1) is 14.8. The SMILES string of the molecule is CC(=O)N(C1CNc2c(Cl)c(Cl)cc3[nH]c(=O)c(=O)n1c23)C12CC3CC(CC(C3)C1)C2. The maximum atomic E-state index is 13.2. The smallest absolute Gasteiger partial charge is 0.318 e. The van der Waals surface area contributed by atoms with Gasteiger partial charge in [0, 0.05) is 12.5 Å². The van der Waals surface area contributed by atoms with Crippen LogP contribution in [-0.4, -0.2) is 32.4 Å². The van der Waals surface area contributed by atoms with Crippen LogP contribution in [0.4, 0.5) is 5.69 Å². The van der Waals surface area contributed by atoms with Crippen LogP contribution in [0.5, 0.6) is 0 Å². The normalized spacial score (nSPS) is 32.9. The predicted octanol–water partition coefficient (Wildman–Crippen LogP) is 3.74. The monoisotopic (exact) mass is 462 g/mol. The molecule has 1 atom stereocenters. The minimum Gasteiger partial charge on any atom is -0.378 e. The summed E-state index contributed by atoms with van der Waals surface area (Å²) in [5, 5.41) is 3.90. The van der Waals surface area contributed by atoms with Crippen LogP contribution in [0.2, 0.25) is 10.0 Å². The summed E-state index contributed by atoms with van der Waals surface area (Å²) in [6.07, 6.45) is 6.09. The second-order valence-electron chi connectivity index (χ2n) is 9.97. The Labute approximate surface area is 188 Å². The summed E-state index contributed by atoms with van der Waals surface area (Å²) >= 11 is 12.7. The minimum absolute atomic E-state index is 0.0578. The van der Waals surface area contributed by atoms with Gasteiger partial charge in [0.05, 0.1) is 33.3 Å². The number of aromatic amines is 1. The van der Waals surface area contributed by atoms with E-state index in [-0.39, 0.29) is 11.4 Å². The Morgan fingerprint density at radius 3 is 2.32 bits per heavy atom. The van der Waals surface area contributed by atoms with Crippen LogP contribution in [0.3, 0.4) is 0 Å². The Bertz CT molecular complexity index is 1210. The lowest BCUT2D eigenvalue weighted by molar-refractivity contribution is -0.159. The standard InChI is InChI=1S/C22H24Cl2N4O3/c1-10(29)28(22-6-11-2-12(7-22)4-13(3-11)8-22)16-9-25-18-17(24)14(23)5-15-19(18)27(16)21(31)20(30)26-15/h5,11-13,16,25H,2-4,6-9H2,1H3,(H,26,30). The highest BCUT2D eigenvalue weighted by Gasteiger charge is 2.56. The number of nitrogens with zero attached hydrogens (tertiary/aromatic N) is 2. The van der Waals surface area contributed by atoms with E-state index in [1.807, 2.05) is 4.90 Å². The summed E-state index contributed by atoms with van der Waals surface area (Å²) in [5.41, 5.74) is -0.212. The Morgan fingerprint density at radius 1 is 1.13 bits per heavy atom. The minimum atomic E-state index is -0.724. The molecular weight excluding hydrogens is 439 g/mol. The predicted molar refractivity (Wildman–Crippen MR) is 120 cm³/mol. The first-order valence-electron chi connectivity index (χ1n) is 11.0. The molecule has 2 N–H and O–H groups in total. The molecular formula is C22H24Cl2N4O3. The molecule has 1 aromatic carbocycles. The van der Waals surface area contributed by atoms with Crippen molar-refractivity contribution in [2.24, 2.45) is 17.8 Å². The zero-order valence-corrected chi connectivity index (χ0v) is 18.7. The summed E-state index contributed by atoms with van der Waals surface area (Å²) in [5.74, 6) is 1.86. The lowest BCUT2D eigenvalue weighted by Gasteiger charge is -2.62. The van der Waals surface area contributed by atoms with Gasteiger partial charge in [-0.2, -0.15) is 0 Å². The third kappa shape index (κ3) is 2.68. The molecule has 4 bridgehead atoms. The first-order valence-corrected chi connectivity index (χ1v) is 11.7. The van der Waals surface area contributed by atoms with Gasteiger partial charge in [0.25, 0.3) is 0 Å². The van der Waals surface area contributed by atoms with Gasteiger partial charge in [-0.3, -0.25) is 19.0 Å². The van der Waals surface area contributed by atoms with E-state index in [1.54, 1.807) is 13.0 Å². The van der Waals surface area contributed by atoms with Crippen molar-refractivity contribution in [1.29, 1.82) is 0 Å². The number of hydrogen-bond donors (Lipinski definition) is 2. The van der Waals surface area contributed by atoms with E-state index in [9.17, 15) is 14.4 Å². The van der Waals surface area contributed by atoms with E-state index in [0.29, 0.717) is 51.1 Å². The number of carbonyl (C=O) groups is 1. The number of nitrogens with one attached hydrogen (secondary N) is 2. The summed E-state index contributed by atoms with van der Waals surface area (Å²) in [7, 11) is 0. The maximum Gasteiger partial charge on any atom is 0.318 e. The Morgan fingerprint density at radius 2 is 1.74 bits per heavy atom. The molecule has 2 aromatic rings. The molecule has 7 nitrogen and oxygen atoms in total. The topological polar surface area (TPSA) is 87.2 Å². The molecule has 4 fully saturated rings. The average Bonchev–Trinajstić information content (AvgIpc) is 2.68. The molecule has 1 amide bonds. The van der Waals surface area contributed by atoms with Gasteiger partial charge in [-0.1, -0.05) is 23.2 Å². The molecule has 1 aliphatic heterocycles. The second-order valence-corrected chi connectivity index (χ2v) is 10.8. The molecule has 4 saturated carbocycles. The number of anilines is 1. The van der Waals surface area contributed by atoms with Gasteiger partial charge in [-0.05, 0) is 62.3 Å². The second kappa shape index (κ2) is 6.51. The Balaban J connectivity index is 1.58. The van der Waals surface area contributed by atoms with Gasteiger partial charge >= 0.3 is 11.1 Å². The van der Waals surface area contributed by atoms with Crippen molar-refractivity contribution in [3.05, 3.63) is 36.8 Å². The van der Waals surface area contributed by atoms with Gasteiger partial charge in [0.2, 0.25) is 5.91 Å². The molecule has 31 heavy (non-hydrogen) atoms. The van der Waals surface area contributed by atoms with Crippen LogP contribution < -0.4 is 16.4 Å². The number of rotatable bonds is 2. The fourth-order valence-corrected chi connectivity index (χ4v) is 7.92. The highest BCUT2D eigenvalue weighted by Crippen LogP contribution is 2.59. The van der Waals surface area contributed by atoms with Crippen LogP contribution in [0.15, 0.2) is 15.7 Å². The molecule has 0 spiro atoms. The van der Waals surface area contributed by atoms with E-state index in [2.05, 4.69) is 10.3 Å². The van der Waals surface area contributed by atoms with Crippen LogP contribution in [0.1, 0.15) is 51.6 Å². The molecule has 9 heteroatoms. The molecule has 5 aliphatic rings. The van der Waals surface area contributed by atoms with Crippen LogP contribution in [-0.2, 0) is 4.79 Å². The molecule has 7 rings (SSSR count). The number of amides is 1. The molecule has 0 saturated heterocycles. The quantitative estimate of drug-likeness (QED) is 0.665. The Hall–Kier alpha value is -1.99. The summed E-state index contributed by atoms with van der Waals surface area (Å²) in [6, 6.07) is 1.56. The highest BCUT2D eigenvalue weighted by molar-refractivity contribution is 6.45. The van der Waals surface area contributed by atoms with Crippen LogP contribution >= 0.6 is 23.2 Å². The number of aromatic nitrogens is 2. The van der Waals surface area contributed by atoms with E-state index >= 15 is 0 Å². The van der Waals surface area contributed by atoms with Gasteiger partial charge in [-0.15, -0.1) is 0 Å². The third-order valence-electron chi connectivity index (χ3n) is 8.01. The fraction of sp³-hybridized carbons (Fsp3) is 0.591. The largest absolute Gasteiger partial charge is 0.378 e. The summed E-state index contributed by atoms with van der Waals surface area (Å²) < 4.78 is 1.47. The lowest BCUT2D eigenvalue weighted by atomic mass is 9.52. The third-order valence-corrected chi connectivity index (χ3v) is 8.80. The van der Waals surface area contributed by atoms with Gasteiger partial charge in [0.1, 0.15) is 6.17 Å². The van der Waals surface area contributed by atoms with Crippen molar-refractivity contribution in [1.82, 2.24) is 14.5 Å².